The van der Waals surface area contributed by atoms with Crippen molar-refractivity contribution in [3.8, 4) is 0 Å². The average molecular weight is 206 g/mol. The zero-order valence-corrected chi connectivity index (χ0v) is 6.71. The molecule has 0 saturated heterocycles. The summed E-state index contributed by atoms with van der Waals surface area (Å²) >= 11 is 0. The smallest absolute Gasteiger partial charge is 0.235 e. The minimum Gasteiger partial charge on any atom is -0.235 e. The van der Waals surface area contributed by atoms with Crippen molar-refractivity contribution >= 4 is 5.69 Å². The SMILES string of the molecule is O=[N+]([O-])Nc1ccc(C(F)(F)F)cc1. The third-order valence-electron chi connectivity index (χ3n) is 1.43. The third-order valence-corrected chi connectivity index (χ3v) is 1.43. The van der Waals surface area contributed by atoms with Crippen LogP contribution in [-0.4, -0.2) is 5.03 Å². The first-order valence-electron chi connectivity index (χ1n) is 3.48. The Labute approximate surface area is 76.5 Å². The van der Waals surface area contributed by atoms with Gasteiger partial charge in [0, 0.05) is 0 Å². The standard InChI is InChI=1S/C7H5F3N2O2/c8-7(9,10)5-1-3-6(4-2-5)11-12(13)14/h1-4,11H. The van der Waals surface area contributed by atoms with Gasteiger partial charge in [0.15, 0.2) is 5.03 Å². The van der Waals surface area contributed by atoms with E-state index in [4.69, 9.17) is 0 Å². The molecule has 0 aliphatic rings. The molecular weight excluding hydrogens is 201 g/mol. The first kappa shape index (κ1) is 10.3. The largest absolute Gasteiger partial charge is 0.416 e. The highest BCUT2D eigenvalue weighted by molar-refractivity contribution is 5.42. The van der Waals surface area contributed by atoms with Gasteiger partial charge in [0.1, 0.15) is 5.69 Å². The molecule has 1 aromatic rings. The molecule has 0 amide bonds. The molecule has 1 rings (SSSR count). The number of benzene rings is 1. The molecule has 0 radical (unpaired) electrons. The van der Waals surface area contributed by atoms with Crippen LogP contribution in [0.3, 0.4) is 0 Å². The van der Waals surface area contributed by atoms with E-state index in [0.29, 0.717) is 0 Å². The number of hydrogen-bond acceptors (Lipinski definition) is 2. The van der Waals surface area contributed by atoms with E-state index in [0.717, 1.165) is 24.3 Å². The summed E-state index contributed by atoms with van der Waals surface area (Å²) < 4.78 is 36.1. The first-order chi connectivity index (χ1) is 6.39. The second kappa shape index (κ2) is 3.52. The maximum absolute atomic E-state index is 12.0. The molecule has 0 bridgehead atoms. The van der Waals surface area contributed by atoms with E-state index in [2.05, 4.69) is 0 Å². The number of alkyl halides is 3. The summed E-state index contributed by atoms with van der Waals surface area (Å²) in [5.41, 5.74) is 0.900. The highest BCUT2D eigenvalue weighted by atomic mass is 19.4. The summed E-state index contributed by atoms with van der Waals surface area (Å²) in [6.07, 6.45) is -4.42. The van der Waals surface area contributed by atoms with Crippen LogP contribution in [0.25, 0.3) is 0 Å². The molecule has 4 nitrogen and oxygen atoms in total. The van der Waals surface area contributed by atoms with Crippen LogP contribution < -0.4 is 5.43 Å². The number of hydrogen-bond donors (Lipinski definition) is 1. The molecule has 0 aromatic heterocycles. The second-order valence-electron chi connectivity index (χ2n) is 2.44. The average Bonchev–Trinajstić information content (AvgIpc) is 2.02. The minimum atomic E-state index is -4.42. The van der Waals surface area contributed by atoms with Gasteiger partial charge in [-0.1, -0.05) is 0 Å². The zero-order valence-electron chi connectivity index (χ0n) is 6.71. The molecule has 0 spiro atoms. The lowest BCUT2D eigenvalue weighted by molar-refractivity contribution is -0.445. The summed E-state index contributed by atoms with van der Waals surface area (Å²) in [6.45, 7) is 0. The van der Waals surface area contributed by atoms with E-state index in [1.807, 2.05) is 0 Å². The van der Waals surface area contributed by atoms with Gasteiger partial charge < -0.3 is 0 Å². The number of nitrogens with zero attached hydrogens (tertiary/aromatic N) is 1. The van der Waals surface area contributed by atoms with Crippen LogP contribution in [0.15, 0.2) is 24.3 Å². The van der Waals surface area contributed by atoms with Crippen molar-refractivity contribution < 1.29 is 18.2 Å². The second-order valence-corrected chi connectivity index (χ2v) is 2.44. The molecule has 7 heteroatoms. The number of rotatable bonds is 2. The topological polar surface area (TPSA) is 55.2 Å². The summed E-state index contributed by atoms with van der Waals surface area (Å²) in [7, 11) is 0. The Balaban J connectivity index is 2.84. The first-order valence-corrected chi connectivity index (χ1v) is 3.48. The molecule has 0 aliphatic carbocycles. The van der Waals surface area contributed by atoms with Crippen molar-refractivity contribution in [2.24, 2.45) is 0 Å². The van der Waals surface area contributed by atoms with Gasteiger partial charge >= 0.3 is 6.18 Å². The van der Waals surface area contributed by atoms with E-state index in [1.54, 1.807) is 5.43 Å². The van der Waals surface area contributed by atoms with E-state index in [-0.39, 0.29) is 5.69 Å². The summed E-state index contributed by atoms with van der Waals surface area (Å²) in [5.74, 6) is 0. The molecule has 0 aliphatic heterocycles. The van der Waals surface area contributed by atoms with Crippen molar-refractivity contribution in [1.29, 1.82) is 0 Å². The molecule has 1 N–H and O–H groups in total. The number of hydrazine groups is 1. The maximum atomic E-state index is 12.0. The van der Waals surface area contributed by atoms with Crippen LogP contribution in [-0.2, 0) is 6.18 Å². The molecule has 1 aromatic carbocycles. The lowest BCUT2D eigenvalue weighted by Gasteiger charge is -2.05. The highest BCUT2D eigenvalue weighted by Crippen LogP contribution is 2.29. The van der Waals surface area contributed by atoms with E-state index >= 15 is 0 Å². The van der Waals surface area contributed by atoms with E-state index < -0.39 is 16.8 Å². The zero-order chi connectivity index (χ0) is 10.8. The van der Waals surface area contributed by atoms with Crippen LogP contribution in [0.2, 0.25) is 0 Å². The monoisotopic (exact) mass is 206 g/mol. The molecule has 0 heterocycles. The van der Waals surface area contributed by atoms with Gasteiger partial charge in [-0.2, -0.15) is 13.2 Å². The lowest BCUT2D eigenvalue weighted by atomic mass is 10.2. The fourth-order valence-corrected chi connectivity index (χ4v) is 0.839. The number of anilines is 1. The molecular formula is C7H5F3N2O2. The van der Waals surface area contributed by atoms with Crippen molar-refractivity contribution in [3.05, 3.63) is 39.9 Å². The summed E-state index contributed by atoms with van der Waals surface area (Å²) in [4.78, 5) is 9.92. The van der Waals surface area contributed by atoms with Crippen LogP contribution in [0.5, 0.6) is 0 Å². The molecule has 0 saturated carbocycles. The van der Waals surface area contributed by atoms with E-state index in [1.165, 1.54) is 0 Å². The predicted molar refractivity (Wildman–Crippen MR) is 42.1 cm³/mol. The van der Waals surface area contributed by atoms with Gasteiger partial charge in [-0.25, -0.2) is 10.1 Å². The summed E-state index contributed by atoms with van der Waals surface area (Å²) in [5, 5.41) is 9.08. The van der Waals surface area contributed by atoms with Gasteiger partial charge in [0.25, 0.3) is 0 Å². The third kappa shape index (κ3) is 2.61. The highest BCUT2D eigenvalue weighted by Gasteiger charge is 2.30. The van der Waals surface area contributed by atoms with Crippen molar-refractivity contribution in [2.45, 2.75) is 6.18 Å². The Morgan fingerprint density at radius 3 is 2.07 bits per heavy atom. The van der Waals surface area contributed by atoms with Crippen LogP contribution in [0, 0.1) is 10.1 Å². The maximum Gasteiger partial charge on any atom is 0.416 e. The Morgan fingerprint density at radius 1 is 1.21 bits per heavy atom. The number of halogens is 3. The van der Waals surface area contributed by atoms with Gasteiger partial charge in [-0.05, 0) is 24.3 Å². The Kier molecular flexibility index (Phi) is 2.59. The van der Waals surface area contributed by atoms with Crippen molar-refractivity contribution in [2.75, 3.05) is 5.43 Å². The fraction of sp³-hybridized carbons (Fsp3) is 0.143. The van der Waals surface area contributed by atoms with Gasteiger partial charge in [-0.15, -0.1) is 5.43 Å². The Bertz CT molecular complexity index is 334. The molecule has 0 atom stereocenters. The predicted octanol–water partition coefficient (Wildman–Crippen LogP) is 2.31. The van der Waals surface area contributed by atoms with E-state index in [9.17, 15) is 23.3 Å². The van der Waals surface area contributed by atoms with Gasteiger partial charge in [-0.3, -0.25) is 0 Å². The Morgan fingerprint density at radius 2 is 1.71 bits per heavy atom. The fourth-order valence-electron chi connectivity index (χ4n) is 0.839. The quantitative estimate of drug-likeness (QED) is 0.596. The molecule has 0 unspecified atom stereocenters. The number of nitro groups is 1. The van der Waals surface area contributed by atoms with Gasteiger partial charge in [0.05, 0.1) is 5.56 Å². The minimum absolute atomic E-state index is 0.00278. The lowest BCUT2D eigenvalue weighted by Crippen LogP contribution is -2.09. The summed E-state index contributed by atoms with van der Waals surface area (Å²) in [6, 6.07) is 3.52. The molecule has 14 heavy (non-hydrogen) atoms. The van der Waals surface area contributed by atoms with Crippen molar-refractivity contribution in [3.63, 3.8) is 0 Å². The molecule has 76 valence electrons. The van der Waals surface area contributed by atoms with Gasteiger partial charge in [0.2, 0.25) is 0 Å². The van der Waals surface area contributed by atoms with Crippen LogP contribution >= 0.6 is 0 Å². The molecule has 0 fully saturated rings. The van der Waals surface area contributed by atoms with Crippen LogP contribution in [0.4, 0.5) is 18.9 Å². The van der Waals surface area contributed by atoms with Crippen molar-refractivity contribution in [1.82, 2.24) is 0 Å². The Hall–Kier alpha value is -1.79. The normalized spacial score (nSPS) is 11.1. The van der Waals surface area contributed by atoms with Crippen LogP contribution in [0.1, 0.15) is 5.56 Å². The number of nitrogens with one attached hydrogen (secondary N) is 1.